The van der Waals surface area contributed by atoms with Crippen molar-refractivity contribution in [3.05, 3.63) is 0 Å². The first-order valence-electron chi connectivity index (χ1n) is 7.62. The normalized spacial score (nSPS) is 38.5. The van der Waals surface area contributed by atoms with Gasteiger partial charge in [0.1, 0.15) is 0 Å². The number of ether oxygens (including phenoxy) is 1. The highest BCUT2D eigenvalue weighted by Crippen LogP contribution is 2.29. The number of nitrogens with one attached hydrogen (secondary N) is 1. The van der Waals surface area contributed by atoms with Gasteiger partial charge in [0.2, 0.25) is 0 Å². The minimum atomic E-state index is 0.569. The van der Waals surface area contributed by atoms with Gasteiger partial charge >= 0.3 is 0 Å². The highest BCUT2D eigenvalue weighted by Gasteiger charge is 2.26. The second-order valence-electron chi connectivity index (χ2n) is 6.11. The third kappa shape index (κ3) is 3.96. The topological polar surface area (TPSA) is 21.3 Å². The van der Waals surface area contributed by atoms with Gasteiger partial charge < -0.3 is 10.1 Å². The molecule has 0 bridgehead atoms. The van der Waals surface area contributed by atoms with Gasteiger partial charge in [0.25, 0.3) is 0 Å². The minimum absolute atomic E-state index is 0.569. The van der Waals surface area contributed by atoms with Crippen LogP contribution in [0.5, 0.6) is 0 Å². The smallest absolute Gasteiger partial charge is 0.0576 e. The summed E-state index contributed by atoms with van der Waals surface area (Å²) in [5.74, 6) is 1.76. The predicted molar refractivity (Wildman–Crippen MR) is 72.2 cm³/mol. The van der Waals surface area contributed by atoms with Crippen molar-refractivity contribution in [2.45, 2.75) is 70.9 Å². The molecule has 2 rings (SSSR count). The van der Waals surface area contributed by atoms with E-state index in [1.807, 2.05) is 0 Å². The molecule has 1 saturated carbocycles. The maximum atomic E-state index is 5.66. The highest BCUT2D eigenvalue weighted by molar-refractivity contribution is 4.82. The van der Waals surface area contributed by atoms with Gasteiger partial charge in [0.05, 0.1) is 6.10 Å². The van der Waals surface area contributed by atoms with E-state index in [9.17, 15) is 0 Å². The fourth-order valence-corrected chi connectivity index (χ4v) is 3.36. The van der Waals surface area contributed by atoms with Crippen LogP contribution in [0.15, 0.2) is 0 Å². The summed E-state index contributed by atoms with van der Waals surface area (Å²) in [5, 5.41) is 3.77. The first kappa shape index (κ1) is 13.4. The molecule has 2 fully saturated rings. The Kier molecular flexibility index (Phi) is 5.30. The summed E-state index contributed by atoms with van der Waals surface area (Å²) in [6, 6.07) is 0.767. The molecule has 2 nitrogen and oxygen atoms in total. The van der Waals surface area contributed by atoms with Gasteiger partial charge in [0.15, 0.2) is 0 Å². The van der Waals surface area contributed by atoms with Crippen LogP contribution in [0.25, 0.3) is 0 Å². The van der Waals surface area contributed by atoms with Gasteiger partial charge in [0, 0.05) is 12.6 Å². The third-order valence-corrected chi connectivity index (χ3v) is 4.84. The van der Waals surface area contributed by atoms with Crippen molar-refractivity contribution in [2.24, 2.45) is 11.8 Å². The number of rotatable bonds is 5. The molecule has 0 aromatic carbocycles. The first-order valence-corrected chi connectivity index (χ1v) is 7.62. The molecule has 0 aromatic rings. The average Bonchev–Trinajstić information content (AvgIpc) is 2.83. The zero-order chi connectivity index (χ0) is 12.1. The van der Waals surface area contributed by atoms with E-state index in [1.165, 1.54) is 51.5 Å². The van der Waals surface area contributed by atoms with Gasteiger partial charge in [-0.25, -0.2) is 0 Å². The van der Waals surface area contributed by atoms with E-state index in [4.69, 9.17) is 4.74 Å². The second-order valence-corrected chi connectivity index (χ2v) is 6.11. The van der Waals surface area contributed by atoms with E-state index in [2.05, 4.69) is 19.2 Å². The summed E-state index contributed by atoms with van der Waals surface area (Å²) < 4.78 is 5.66. The van der Waals surface area contributed by atoms with Crippen LogP contribution in [-0.4, -0.2) is 25.3 Å². The van der Waals surface area contributed by atoms with Crippen molar-refractivity contribution >= 4 is 0 Å². The van der Waals surface area contributed by atoms with E-state index < -0.39 is 0 Å². The van der Waals surface area contributed by atoms with Crippen molar-refractivity contribution in [1.29, 1.82) is 0 Å². The fraction of sp³-hybridized carbons (Fsp3) is 1.00. The summed E-state index contributed by atoms with van der Waals surface area (Å²) in [6.07, 6.45) is 9.88. The van der Waals surface area contributed by atoms with Crippen molar-refractivity contribution in [3.63, 3.8) is 0 Å². The van der Waals surface area contributed by atoms with Gasteiger partial charge in [-0.1, -0.05) is 26.7 Å². The third-order valence-electron chi connectivity index (χ3n) is 4.84. The molecular weight excluding hydrogens is 210 g/mol. The van der Waals surface area contributed by atoms with E-state index in [-0.39, 0.29) is 0 Å². The lowest BCUT2D eigenvalue weighted by molar-refractivity contribution is 0.101. The van der Waals surface area contributed by atoms with Gasteiger partial charge in [-0.05, 0) is 50.5 Å². The Labute approximate surface area is 107 Å². The molecule has 1 N–H and O–H groups in total. The van der Waals surface area contributed by atoms with Gasteiger partial charge in [-0.2, -0.15) is 0 Å². The quantitative estimate of drug-likeness (QED) is 0.743. The van der Waals surface area contributed by atoms with Crippen LogP contribution in [-0.2, 0) is 4.74 Å². The van der Waals surface area contributed by atoms with E-state index >= 15 is 0 Å². The van der Waals surface area contributed by atoms with Crippen LogP contribution in [0, 0.1) is 11.8 Å². The number of hydrogen-bond acceptors (Lipinski definition) is 2. The summed E-state index contributed by atoms with van der Waals surface area (Å²) in [6.45, 7) is 7.00. The van der Waals surface area contributed by atoms with Crippen LogP contribution in [0.1, 0.15) is 58.8 Å². The average molecular weight is 239 g/mol. The SMILES string of the molecule is CC1CCCC(NCCCC2CCCO2)C1C. The largest absolute Gasteiger partial charge is 0.378 e. The van der Waals surface area contributed by atoms with Crippen LogP contribution in [0.3, 0.4) is 0 Å². The Morgan fingerprint density at radius 3 is 2.76 bits per heavy atom. The van der Waals surface area contributed by atoms with Crippen molar-refractivity contribution < 1.29 is 4.74 Å². The van der Waals surface area contributed by atoms with Crippen LogP contribution in [0.4, 0.5) is 0 Å². The Bertz CT molecular complexity index is 213. The van der Waals surface area contributed by atoms with Gasteiger partial charge in [-0.3, -0.25) is 0 Å². The summed E-state index contributed by atoms with van der Waals surface area (Å²) in [4.78, 5) is 0. The molecule has 2 aliphatic rings. The Morgan fingerprint density at radius 2 is 2.00 bits per heavy atom. The molecule has 0 spiro atoms. The molecule has 1 aliphatic carbocycles. The lowest BCUT2D eigenvalue weighted by Gasteiger charge is -2.34. The molecule has 0 amide bonds. The molecule has 2 heteroatoms. The maximum Gasteiger partial charge on any atom is 0.0576 e. The van der Waals surface area contributed by atoms with E-state index in [0.717, 1.165) is 24.5 Å². The van der Waals surface area contributed by atoms with Crippen LogP contribution >= 0.6 is 0 Å². The van der Waals surface area contributed by atoms with Crippen LogP contribution < -0.4 is 5.32 Å². The fourth-order valence-electron chi connectivity index (χ4n) is 3.36. The zero-order valence-electron chi connectivity index (χ0n) is 11.6. The summed E-state index contributed by atoms with van der Waals surface area (Å²) in [7, 11) is 0. The highest BCUT2D eigenvalue weighted by atomic mass is 16.5. The first-order chi connectivity index (χ1) is 8.27. The molecule has 4 atom stereocenters. The number of hydrogen-bond donors (Lipinski definition) is 1. The Balaban J connectivity index is 1.57. The lowest BCUT2D eigenvalue weighted by Crippen LogP contribution is -2.41. The van der Waals surface area contributed by atoms with Crippen molar-refractivity contribution in [3.8, 4) is 0 Å². The molecule has 17 heavy (non-hydrogen) atoms. The molecule has 0 aromatic heterocycles. The monoisotopic (exact) mass is 239 g/mol. The Morgan fingerprint density at radius 1 is 1.12 bits per heavy atom. The molecule has 1 heterocycles. The molecular formula is C15H29NO. The second kappa shape index (κ2) is 6.75. The summed E-state index contributed by atoms with van der Waals surface area (Å²) in [5.41, 5.74) is 0. The molecule has 1 saturated heterocycles. The predicted octanol–water partition coefficient (Wildman–Crippen LogP) is 3.36. The summed E-state index contributed by atoms with van der Waals surface area (Å²) >= 11 is 0. The van der Waals surface area contributed by atoms with E-state index in [0.29, 0.717) is 6.10 Å². The van der Waals surface area contributed by atoms with Crippen LogP contribution in [0.2, 0.25) is 0 Å². The molecule has 4 unspecified atom stereocenters. The molecule has 0 radical (unpaired) electrons. The molecule has 100 valence electrons. The minimum Gasteiger partial charge on any atom is -0.378 e. The standard InChI is InChI=1S/C15H29NO/c1-12-6-3-9-15(13(12)2)16-10-4-7-14-8-5-11-17-14/h12-16H,3-11H2,1-2H3. The van der Waals surface area contributed by atoms with Crippen molar-refractivity contribution in [1.82, 2.24) is 5.32 Å². The van der Waals surface area contributed by atoms with E-state index in [1.54, 1.807) is 0 Å². The van der Waals surface area contributed by atoms with Crippen molar-refractivity contribution in [2.75, 3.05) is 13.2 Å². The molecule has 1 aliphatic heterocycles. The Hall–Kier alpha value is -0.0800. The lowest BCUT2D eigenvalue weighted by atomic mass is 9.78. The zero-order valence-corrected chi connectivity index (χ0v) is 11.6. The maximum absolute atomic E-state index is 5.66. The van der Waals surface area contributed by atoms with Gasteiger partial charge in [-0.15, -0.1) is 0 Å².